The Hall–Kier alpha value is -3.76. The lowest BCUT2D eigenvalue weighted by molar-refractivity contribution is 0.0945. The number of rotatable bonds is 7. The number of ether oxygens (including phenoxy) is 1. The van der Waals surface area contributed by atoms with E-state index in [2.05, 4.69) is 20.6 Å². The Balaban J connectivity index is 2.16. The minimum Gasteiger partial charge on any atom is -0.504 e. The van der Waals surface area contributed by atoms with Crippen molar-refractivity contribution in [1.82, 2.24) is 20.6 Å². The van der Waals surface area contributed by atoms with Crippen LogP contribution in [0.1, 0.15) is 35.7 Å². The Morgan fingerprint density at radius 3 is 2.59 bits per heavy atom. The van der Waals surface area contributed by atoms with Crippen LogP contribution in [0, 0.1) is 0 Å². The molecule has 0 unspecified atom stereocenters. The maximum absolute atomic E-state index is 12.4. The third kappa shape index (κ3) is 5.15. The number of carboxylic acid groups (broad SMARTS) is 1. The van der Waals surface area contributed by atoms with Gasteiger partial charge in [-0.1, -0.05) is 6.07 Å². The predicted octanol–water partition coefficient (Wildman–Crippen LogP) is 0.665. The zero-order chi connectivity index (χ0) is 21.8. The molecule has 6 N–H and O–H groups in total. The largest absolute Gasteiger partial charge is 0.504 e. The molecule has 156 valence electrons. The predicted molar refractivity (Wildman–Crippen MR) is 101 cm³/mol. The molecule has 0 aliphatic rings. The third-order valence-electron chi connectivity index (χ3n) is 4.06. The van der Waals surface area contributed by atoms with Crippen LogP contribution in [-0.4, -0.2) is 50.9 Å². The number of carbonyl (C=O) groups excluding carboxylic acids is 1. The highest BCUT2D eigenvalue weighted by molar-refractivity contribution is 5.94. The molecule has 0 saturated carbocycles. The molecule has 0 atom stereocenters. The molecule has 0 aliphatic heterocycles. The molecular weight excluding hydrogens is 384 g/mol. The Bertz CT molecular complexity index is 985. The van der Waals surface area contributed by atoms with Gasteiger partial charge in [0.1, 0.15) is 5.82 Å². The minimum absolute atomic E-state index is 0.0111. The quantitative estimate of drug-likeness (QED) is 0.389. The van der Waals surface area contributed by atoms with Crippen molar-refractivity contribution in [3.8, 4) is 17.2 Å². The van der Waals surface area contributed by atoms with E-state index < -0.39 is 34.5 Å². The lowest BCUT2D eigenvalue weighted by Crippen LogP contribution is -2.43. The second-order valence-electron chi connectivity index (χ2n) is 6.68. The monoisotopic (exact) mass is 406 g/mol. The van der Waals surface area contributed by atoms with Gasteiger partial charge in [0.2, 0.25) is 5.75 Å². The van der Waals surface area contributed by atoms with E-state index in [1.54, 1.807) is 12.1 Å². The first-order chi connectivity index (χ1) is 13.5. The van der Waals surface area contributed by atoms with E-state index in [9.17, 15) is 24.6 Å². The fourth-order valence-electron chi connectivity index (χ4n) is 2.53. The van der Waals surface area contributed by atoms with Crippen molar-refractivity contribution >= 4 is 12.0 Å². The molecule has 0 bridgehead atoms. The molecule has 0 radical (unpaired) electrons. The van der Waals surface area contributed by atoms with E-state index in [0.29, 0.717) is 12.2 Å². The third-order valence-corrected chi connectivity index (χ3v) is 4.06. The number of amides is 2. The van der Waals surface area contributed by atoms with Crippen LogP contribution in [-0.2, 0) is 12.0 Å². The van der Waals surface area contributed by atoms with Gasteiger partial charge in [0.05, 0.1) is 12.6 Å². The zero-order valence-electron chi connectivity index (χ0n) is 16.1. The number of hydrogen-bond donors (Lipinski definition) is 6. The molecule has 2 amide bonds. The molecule has 1 aromatic carbocycles. The maximum atomic E-state index is 12.4. The van der Waals surface area contributed by atoms with Gasteiger partial charge in [-0.3, -0.25) is 9.59 Å². The van der Waals surface area contributed by atoms with E-state index in [-0.39, 0.29) is 18.1 Å². The Morgan fingerprint density at radius 2 is 1.97 bits per heavy atom. The number of H-pyrrole nitrogens is 1. The van der Waals surface area contributed by atoms with Gasteiger partial charge in [0.15, 0.2) is 17.2 Å². The number of aromatic amines is 1. The van der Waals surface area contributed by atoms with Gasteiger partial charge in [-0.25, -0.2) is 9.78 Å². The number of nitrogens with zero attached hydrogens (tertiary/aromatic N) is 1. The van der Waals surface area contributed by atoms with Crippen LogP contribution in [0.25, 0.3) is 0 Å². The van der Waals surface area contributed by atoms with Gasteiger partial charge >= 0.3 is 6.09 Å². The number of phenols is 1. The van der Waals surface area contributed by atoms with Gasteiger partial charge < -0.3 is 35.7 Å². The summed E-state index contributed by atoms with van der Waals surface area (Å²) in [5.41, 5.74) is -2.03. The summed E-state index contributed by atoms with van der Waals surface area (Å²) in [6.07, 6.45) is -0.966. The summed E-state index contributed by atoms with van der Waals surface area (Å²) in [6.45, 7) is 3.03. The van der Waals surface area contributed by atoms with E-state index in [0.717, 1.165) is 5.56 Å². The molecular formula is C18H22N4O7. The van der Waals surface area contributed by atoms with Crippen molar-refractivity contribution in [2.45, 2.75) is 25.8 Å². The number of phenolic OH excluding ortho intramolecular Hbond substituents is 1. The standard InChI is InChI=1S/C18H22N4O7/c1-18(2,22-17(27)28)16-20-12(13(24)15(26)21-16)14(25)19-7-6-9-4-5-10(23)11(8-9)29-3/h4-5,8,22-24H,6-7H2,1-3H3,(H,19,25)(H,27,28)(H,20,21,26). The van der Waals surface area contributed by atoms with Crippen LogP contribution in [0.2, 0.25) is 0 Å². The Labute approximate surface area is 165 Å². The van der Waals surface area contributed by atoms with Crippen molar-refractivity contribution in [2.75, 3.05) is 13.7 Å². The summed E-state index contributed by atoms with van der Waals surface area (Å²) in [7, 11) is 1.42. The molecule has 2 aromatic rings. The van der Waals surface area contributed by atoms with Crippen LogP contribution in [0.4, 0.5) is 4.79 Å². The van der Waals surface area contributed by atoms with E-state index in [1.807, 2.05) is 0 Å². The first-order valence-corrected chi connectivity index (χ1v) is 8.54. The maximum Gasteiger partial charge on any atom is 0.405 e. The summed E-state index contributed by atoms with van der Waals surface area (Å²) in [6, 6.07) is 4.73. The molecule has 1 heterocycles. The van der Waals surface area contributed by atoms with E-state index in [4.69, 9.17) is 9.84 Å². The van der Waals surface area contributed by atoms with Crippen LogP contribution in [0.5, 0.6) is 17.2 Å². The smallest absolute Gasteiger partial charge is 0.405 e. The number of aromatic hydroxyl groups is 2. The average molecular weight is 406 g/mol. The molecule has 0 spiro atoms. The van der Waals surface area contributed by atoms with Crippen molar-refractivity contribution in [3.05, 3.63) is 45.6 Å². The average Bonchev–Trinajstić information content (AvgIpc) is 2.63. The van der Waals surface area contributed by atoms with E-state index in [1.165, 1.54) is 27.0 Å². The number of nitrogens with one attached hydrogen (secondary N) is 3. The van der Waals surface area contributed by atoms with Crippen LogP contribution in [0.15, 0.2) is 23.0 Å². The van der Waals surface area contributed by atoms with Crippen LogP contribution < -0.4 is 20.9 Å². The van der Waals surface area contributed by atoms with Crippen molar-refractivity contribution < 1.29 is 29.6 Å². The highest BCUT2D eigenvalue weighted by Crippen LogP contribution is 2.26. The minimum atomic E-state index is -1.35. The molecule has 2 rings (SSSR count). The molecule has 11 heteroatoms. The van der Waals surface area contributed by atoms with Gasteiger partial charge in [-0.05, 0) is 38.0 Å². The SMILES string of the molecule is COc1cc(CCNC(=O)c2nc(C(C)(C)NC(=O)O)[nH]c(=O)c2O)ccc1O. The van der Waals surface area contributed by atoms with E-state index >= 15 is 0 Å². The second kappa shape index (κ2) is 8.50. The lowest BCUT2D eigenvalue weighted by atomic mass is 10.0. The van der Waals surface area contributed by atoms with Crippen molar-refractivity contribution in [3.63, 3.8) is 0 Å². The van der Waals surface area contributed by atoms with Crippen molar-refractivity contribution in [1.29, 1.82) is 0 Å². The fourth-order valence-corrected chi connectivity index (χ4v) is 2.53. The number of benzene rings is 1. The fraction of sp³-hybridized carbons (Fsp3) is 0.333. The zero-order valence-corrected chi connectivity index (χ0v) is 16.1. The summed E-state index contributed by atoms with van der Waals surface area (Å²) >= 11 is 0. The van der Waals surface area contributed by atoms with Gasteiger partial charge in [0.25, 0.3) is 11.5 Å². The summed E-state index contributed by atoms with van der Waals surface area (Å²) in [5.74, 6) is -1.52. The topological polar surface area (TPSA) is 174 Å². The molecule has 0 saturated heterocycles. The molecule has 29 heavy (non-hydrogen) atoms. The van der Waals surface area contributed by atoms with Gasteiger partial charge in [-0.2, -0.15) is 0 Å². The first kappa shape index (κ1) is 21.5. The van der Waals surface area contributed by atoms with Crippen LogP contribution >= 0.6 is 0 Å². The summed E-state index contributed by atoms with van der Waals surface area (Å²) in [4.78, 5) is 41.5. The molecule has 1 aromatic heterocycles. The van der Waals surface area contributed by atoms with Crippen molar-refractivity contribution in [2.24, 2.45) is 0 Å². The Morgan fingerprint density at radius 1 is 1.28 bits per heavy atom. The number of aromatic nitrogens is 2. The van der Waals surface area contributed by atoms with Gasteiger partial charge in [0, 0.05) is 6.54 Å². The summed E-state index contributed by atoms with van der Waals surface area (Å²) < 4.78 is 5.02. The summed E-state index contributed by atoms with van der Waals surface area (Å²) in [5, 5.41) is 33.1. The molecule has 0 fully saturated rings. The molecule has 11 nitrogen and oxygen atoms in total. The van der Waals surface area contributed by atoms with Crippen LogP contribution in [0.3, 0.4) is 0 Å². The number of hydrogen-bond acceptors (Lipinski definition) is 7. The highest BCUT2D eigenvalue weighted by Gasteiger charge is 2.28. The second-order valence-corrected chi connectivity index (χ2v) is 6.68. The Kier molecular flexibility index (Phi) is 6.32. The lowest BCUT2D eigenvalue weighted by Gasteiger charge is -2.23. The number of methoxy groups -OCH3 is 1. The molecule has 0 aliphatic carbocycles. The van der Waals surface area contributed by atoms with Gasteiger partial charge in [-0.15, -0.1) is 0 Å². The number of carbonyl (C=O) groups is 2. The normalized spacial score (nSPS) is 11.0. The first-order valence-electron chi connectivity index (χ1n) is 8.54. The highest BCUT2D eigenvalue weighted by atomic mass is 16.5.